The van der Waals surface area contributed by atoms with E-state index in [0.29, 0.717) is 0 Å². The summed E-state index contributed by atoms with van der Waals surface area (Å²) in [4.78, 5) is 0. The second-order valence-electron chi connectivity index (χ2n) is 7.18. The maximum absolute atomic E-state index is 5.75. The monoisotopic (exact) mass is 285 g/mol. The van der Waals surface area contributed by atoms with E-state index in [1.807, 2.05) is 0 Å². The first-order valence-corrected chi connectivity index (χ1v) is 8.34. The third kappa shape index (κ3) is 8.23. The molecule has 0 aromatic heterocycles. The Labute approximate surface area is 125 Å². The number of rotatable bonds is 10. The van der Waals surface area contributed by atoms with Gasteiger partial charge in [0.15, 0.2) is 0 Å². The lowest BCUT2D eigenvalue weighted by Gasteiger charge is -2.29. The fourth-order valence-electron chi connectivity index (χ4n) is 3.01. The number of methoxy groups -OCH3 is 1. The molecule has 1 saturated carbocycles. The Kier molecular flexibility index (Phi) is 8.74. The van der Waals surface area contributed by atoms with Crippen LogP contribution >= 0.6 is 0 Å². The molecule has 1 rings (SSSR count). The molecule has 0 aliphatic heterocycles. The summed E-state index contributed by atoms with van der Waals surface area (Å²) in [6.45, 7) is 10.4. The predicted octanol–water partition coefficient (Wildman–Crippen LogP) is 3.62. The van der Waals surface area contributed by atoms with Gasteiger partial charge in [0.25, 0.3) is 0 Å². The van der Waals surface area contributed by atoms with Crippen molar-refractivity contribution in [3.8, 4) is 0 Å². The van der Waals surface area contributed by atoms with Crippen molar-refractivity contribution in [1.82, 2.24) is 5.32 Å². The first-order chi connectivity index (χ1) is 9.53. The molecule has 0 radical (unpaired) electrons. The molecule has 1 atom stereocenters. The molecule has 0 aromatic carbocycles. The van der Waals surface area contributed by atoms with E-state index in [9.17, 15) is 0 Å². The molecule has 1 fully saturated rings. The van der Waals surface area contributed by atoms with E-state index in [1.54, 1.807) is 7.11 Å². The Morgan fingerprint density at radius 1 is 1.10 bits per heavy atom. The zero-order valence-electron chi connectivity index (χ0n) is 14.0. The maximum Gasteiger partial charge on any atom is 0.0487 e. The maximum atomic E-state index is 5.75. The van der Waals surface area contributed by atoms with E-state index in [-0.39, 0.29) is 5.54 Å². The van der Waals surface area contributed by atoms with Gasteiger partial charge in [-0.05, 0) is 52.0 Å². The molecule has 0 bridgehead atoms. The highest BCUT2D eigenvalue weighted by Crippen LogP contribution is 2.33. The van der Waals surface area contributed by atoms with Gasteiger partial charge in [0.2, 0.25) is 0 Å². The van der Waals surface area contributed by atoms with E-state index in [0.717, 1.165) is 44.6 Å². The van der Waals surface area contributed by atoms with Crippen LogP contribution in [0.2, 0.25) is 0 Å². The minimum Gasteiger partial charge on any atom is -0.385 e. The minimum absolute atomic E-state index is 0.218. The highest BCUT2D eigenvalue weighted by atomic mass is 16.5. The van der Waals surface area contributed by atoms with Crippen LogP contribution in [0.15, 0.2) is 0 Å². The molecule has 0 heterocycles. The Morgan fingerprint density at radius 3 is 2.40 bits per heavy atom. The Hall–Kier alpha value is -0.120. The lowest BCUT2D eigenvalue weighted by atomic mass is 9.87. The first kappa shape index (κ1) is 17.9. The van der Waals surface area contributed by atoms with Crippen LogP contribution in [0.25, 0.3) is 0 Å². The summed E-state index contributed by atoms with van der Waals surface area (Å²) in [5, 5.41) is 3.68. The van der Waals surface area contributed by atoms with E-state index < -0.39 is 0 Å². The third-order valence-corrected chi connectivity index (χ3v) is 4.23. The number of ether oxygens (including phenoxy) is 2. The highest BCUT2D eigenvalue weighted by Gasteiger charge is 2.25. The van der Waals surface area contributed by atoms with Gasteiger partial charge in [-0.15, -0.1) is 0 Å². The number of nitrogens with one attached hydrogen (secondary N) is 1. The fraction of sp³-hybridized carbons (Fsp3) is 1.00. The highest BCUT2D eigenvalue weighted by molar-refractivity contribution is 4.80. The topological polar surface area (TPSA) is 30.5 Å². The lowest BCUT2D eigenvalue weighted by molar-refractivity contribution is 0.0865. The first-order valence-electron chi connectivity index (χ1n) is 8.34. The lowest BCUT2D eigenvalue weighted by Crippen LogP contribution is -2.40. The van der Waals surface area contributed by atoms with Crippen LogP contribution in [-0.4, -0.2) is 39.0 Å². The average molecular weight is 285 g/mol. The molecular weight excluding hydrogens is 250 g/mol. The molecule has 1 unspecified atom stereocenters. The van der Waals surface area contributed by atoms with Crippen LogP contribution in [0.5, 0.6) is 0 Å². The molecule has 120 valence electrons. The van der Waals surface area contributed by atoms with Gasteiger partial charge < -0.3 is 14.8 Å². The van der Waals surface area contributed by atoms with Crippen molar-refractivity contribution in [2.24, 2.45) is 11.8 Å². The van der Waals surface area contributed by atoms with Crippen LogP contribution in [0, 0.1) is 11.8 Å². The van der Waals surface area contributed by atoms with Crippen LogP contribution in [-0.2, 0) is 9.47 Å². The second-order valence-corrected chi connectivity index (χ2v) is 7.18. The second kappa shape index (κ2) is 9.75. The molecule has 1 aliphatic carbocycles. The summed E-state index contributed by atoms with van der Waals surface area (Å²) in [6.07, 6.45) is 7.88. The molecule has 3 nitrogen and oxygen atoms in total. The van der Waals surface area contributed by atoms with Crippen molar-refractivity contribution in [2.45, 2.75) is 64.8 Å². The summed E-state index contributed by atoms with van der Waals surface area (Å²) in [5.74, 6) is 1.69. The van der Waals surface area contributed by atoms with Gasteiger partial charge in [-0.2, -0.15) is 0 Å². The number of hydrogen-bond donors (Lipinski definition) is 1. The van der Waals surface area contributed by atoms with Crippen molar-refractivity contribution < 1.29 is 9.47 Å². The quantitative estimate of drug-likeness (QED) is 0.622. The zero-order chi connectivity index (χ0) is 14.8. The Balaban J connectivity index is 2.23. The fourth-order valence-corrected chi connectivity index (χ4v) is 3.01. The van der Waals surface area contributed by atoms with Crippen molar-refractivity contribution in [2.75, 3.05) is 33.5 Å². The molecule has 0 spiro atoms. The standard InChI is InChI=1S/C17H35NO2/c1-17(2,3)18-14-16(15-8-5-6-9-15)10-13-20-12-7-11-19-4/h15-16,18H,5-14H2,1-4H3. The molecule has 1 N–H and O–H groups in total. The smallest absolute Gasteiger partial charge is 0.0487 e. The average Bonchev–Trinajstić information content (AvgIpc) is 2.89. The van der Waals surface area contributed by atoms with Gasteiger partial charge in [-0.25, -0.2) is 0 Å². The summed E-state index contributed by atoms with van der Waals surface area (Å²) in [5.41, 5.74) is 0.218. The Morgan fingerprint density at radius 2 is 1.80 bits per heavy atom. The van der Waals surface area contributed by atoms with Crippen LogP contribution in [0.3, 0.4) is 0 Å². The summed E-state index contributed by atoms with van der Waals surface area (Å²) < 4.78 is 10.8. The molecular formula is C17H35NO2. The van der Waals surface area contributed by atoms with Crippen LogP contribution in [0.4, 0.5) is 0 Å². The van der Waals surface area contributed by atoms with E-state index in [1.165, 1.54) is 32.1 Å². The molecule has 20 heavy (non-hydrogen) atoms. The SMILES string of the molecule is COCCCOCCC(CNC(C)(C)C)C1CCCC1. The van der Waals surface area contributed by atoms with Gasteiger partial charge >= 0.3 is 0 Å². The third-order valence-electron chi connectivity index (χ3n) is 4.23. The predicted molar refractivity (Wildman–Crippen MR) is 85.1 cm³/mol. The van der Waals surface area contributed by atoms with Crippen molar-refractivity contribution in [3.63, 3.8) is 0 Å². The number of hydrogen-bond acceptors (Lipinski definition) is 3. The normalized spacial score (nSPS) is 18.6. The largest absolute Gasteiger partial charge is 0.385 e. The van der Waals surface area contributed by atoms with Gasteiger partial charge in [0, 0.05) is 32.5 Å². The van der Waals surface area contributed by atoms with Gasteiger partial charge in [0.05, 0.1) is 0 Å². The van der Waals surface area contributed by atoms with E-state index >= 15 is 0 Å². The van der Waals surface area contributed by atoms with Gasteiger partial charge in [-0.3, -0.25) is 0 Å². The van der Waals surface area contributed by atoms with Crippen LogP contribution < -0.4 is 5.32 Å². The zero-order valence-corrected chi connectivity index (χ0v) is 14.0. The van der Waals surface area contributed by atoms with Crippen molar-refractivity contribution >= 4 is 0 Å². The van der Waals surface area contributed by atoms with Gasteiger partial charge in [0.1, 0.15) is 0 Å². The minimum atomic E-state index is 0.218. The molecule has 0 aromatic rings. The summed E-state index contributed by atoms with van der Waals surface area (Å²) in [7, 11) is 1.74. The van der Waals surface area contributed by atoms with Crippen LogP contribution in [0.1, 0.15) is 59.3 Å². The summed E-state index contributed by atoms with van der Waals surface area (Å²) >= 11 is 0. The van der Waals surface area contributed by atoms with Crippen molar-refractivity contribution in [1.29, 1.82) is 0 Å². The molecule has 0 amide bonds. The van der Waals surface area contributed by atoms with Crippen molar-refractivity contribution in [3.05, 3.63) is 0 Å². The molecule has 0 saturated heterocycles. The summed E-state index contributed by atoms with van der Waals surface area (Å²) in [6, 6.07) is 0. The Bertz CT molecular complexity index is 232. The molecule has 1 aliphatic rings. The molecule has 3 heteroatoms. The van der Waals surface area contributed by atoms with E-state index in [4.69, 9.17) is 9.47 Å². The van der Waals surface area contributed by atoms with E-state index in [2.05, 4.69) is 26.1 Å². The van der Waals surface area contributed by atoms with Gasteiger partial charge in [-0.1, -0.05) is 25.7 Å².